The van der Waals surface area contributed by atoms with Crippen LogP contribution in [0.3, 0.4) is 0 Å². The lowest BCUT2D eigenvalue weighted by Gasteiger charge is -2.08. The van der Waals surface area contributed by atoms with Crippen molar-refractivity contribution in [3.05, 3.63) is 35.0 Å². The smallest absolute Gasteiger partial charge is 0.0728 e. The van der Waals surface area contributed by atoms with Crippen LogP contribution < -0.4 is 5.73 Å². The Bertz CT molecular complexity index is 501. The van der Waals surface area contributed by atoms with Gasteiger partial charge in [0.2, 0.25) is 0 Å². The van der Waals surface area contributed by atoms with Gasteiger partial charge >= 0.3 is 0 Å². The Morgan fingerprint density at radius 3 is 2.50 bits per heavy atom. The van der Waals surface area contributed by atoms with Crippen molar-refractivity contribution in [3.63, 3.8) is 0 Å². The van der Waals surface area contributed by atoms with Crippen molar-refractivity contribution in [2.75, 3.05) is 5.73 Å². The number of rotatable bonds is 0. The summed E-state index contributed by atoms with van der Waals surface area (Å²) in [7, 11) is 0. The predicted molar refractivity (Wildman–Crippen MR) is 60.4 cm³/mol. The molecule has 0 spiro atoms. The highest BCUT2D eigenvalue weighted by Gasteiger charge is 2.05. The molecule has 0 unspecified atom stereocenters. The summed E-state index contributed by atoms with van der Waals surface area (Å²) in [5.41, 5.74) is 11.4. The number of anilines is 1. The van der Waals surface area contributed by atoms with Gasteiger partial charge in [0, 0.05) is 17.3 Å². The molecule has 72 valence electrons. The summed E-state index contributed by atoms with van der Waals surface area (Å²) < 4.78 is 0. The molecule has 0 atom stereocenters. The Hall–Kier alpha value is -1.57. The number of nitrogens with zero attached hydrogens (tertiary/aromatic N) is 1. The van der Waals surface area contributed by atoms with Crippen LogP contribution in [-0.2, 0) is 0 Å². The second kappa shape index (κ2) is 2.98. The molecule has 1 heterocycles. The third kappa shape index (κ3) is 1.23. The van der Waals surface area contributed by atoms with E-state index in [1.165, 1.54) is 11.1 Å². The molecule has 1 aromatic carbocycles. The molecule has 0 radical (unpaired) electrons. The number of nitrogens with two attached hydrogens (primary N) is 1. The first kappa shape index (κ1) is 9.00. The zero-order valence-electron chi connectivity index (χ0n) is 8.76. The van der Waals surface area contributed by atoms with Crippen LogP contribution in [0.15, 0.2) is 18.3 Å². The summed E-state index contributed by atoms with van der Waals surface area (Å²) in [4.78, 5) is 4.38. The molecule has 0 aliphatic carbocycles. The molecule has 2 rings (SSSR count). The summed E-state index contributed by atoms with van der Waals surface area (Å²) in [5, 5.41) is 1.09. The number of fused-ring (bicyclic) bond motifs is 1. The Morgan fingerprint density at radius 2 is 1.79 bits per heavy atom. The highest BCUT2D eigenvalue weighted by molar-refractivity contribution is 5.94. The van der Waals surface area contributed by atoms with Crippen molar-refractivity contribution in [1.82, 2.24) is 4.98 Å². The average molecular weight is 186 g/mol. The fraction of sp³-hybridized carbons (Fsp3) is 0.250. The van der Waals surface area contributed by atoms with Gasteiger partial charge in [-0.3, -0.25) is 4.98 Å². The van der Waals surface area contributed by atoms with Gasteiger partial charge in [-0.2, -0.15) is 0 Å². The first-order valence-corrected chi connectivity index (χ1v) is 4.71. The van der Waals surface area contributed by atoms with Crippen molar-refractivity contribution >= 4 is 16.6 Å². The Balaban J connectivity index is 2.95. The lowest BCUT2D eigenvalue weighted by molar-refractivity contribution is 1.31. The highest BCUT2D eigenvalue weighted by Crippen LogP contribution is 2.26. The third-order valence-corrected chi connectivity index (χ3v) is 2.55. The second-order valence-corrected chi connectivity index (χ2v) is 3.83. The van der Waals surface area contributed by atoms with Crippen LogP contribution in [0.5, 0.6) is 0 Å². The zero-order valence-corrected chi connectivity index (χ0v) is 8.76. The van der Waals surface area contributed by atoms with E-state index >= 15 is 0 Å². The molecule has 14 heavy (non-hydrogen) atoms. The normalized spacial score (nSPS) is 10.8. The highest BCUT2D eigenvalue weighted by atomic mass is 14.7. The fourth-order valence-corrected chi connectivity index (χ4v) is 1.83. The standard InChI is InChI=1S/C12H14N2/c1-7-4-8(2)11-10(5-7)14-6-9(3)12(11)13/h4-6H,1-3H3,(H2,13,14). The molecule has 1 aromatic heterocycles. The number of aryl methyl sites for hydroxylation is 3. The van der Waals surface area contributed by atoms with Crippen molar-refractivity contribution in [2.24, 2.45) is 0 Å². The lowest BCUT2D eigenvalue weighted by Crippen LogP contribution is -1.95. The molecule has 2 aromatic rings. The monoisotopic (exact) mass is 186 g/mol. The topological polar surface area (TPSA) is 38.9 Å². The SMILES string of the molecule is Cc1cc(C)c2c(N)c(C)cnc2c1. The van der Waals surface area contributed by atoms with E-state index in [0.717, 1.165) is 22.2 Å². The number of hydrogen-bond acceptors (Lipinski definition) is 2. The Labute approximate surface area is 83.8 Å². The van der Waals surface area contributed by atoms with E-state index in [2.05, 4.69) is 31.0 Å². The van der Waals surface area contributed by atoms with E-state index in [1.807, 2.05) is 13.1 Å². The van der Waals surface area contributed by atoms with Crippen LogP contribution in [0.2, 0.25) is 0 Å². The van der Waals surface area contributed by atoms with E-state index in [-0.39, 0.29) is 0 Å². The van der Waals surface area contributed by atoms with Gasteiger partial charge in [0.1, 0.15) is 0 Å². The minimum absolute atomic E-state index is 0.854. The number of nitrogen functional groups attached to an aromatic ring is 1. The van der Waals surface area contributed by atoms with Gasteiger partial charge in [0.25, 0.3) is 0 Å². The second-order valence-electron chi connectivity index (χ2n) is 3.83. The van der Waals surface area contributed by atoms with Gasteiger partial charge in [0.15, 0.2) is 0 Å². The van der Waals surface area contributed by atoms with Crippen LogP contribution in [0.4, 0.5) is 5.69 Å². The van der Waals surface area contributed by atoms with E-state index < -0.39 is 0 Å². The third-order valence-electron chi connectivity index (χ3n) is 2.55. The van der Waals surface area contributed by atoms with Gasteiger partial charge in [-0.05, 0) is 43.5 Å². The number of aromatic nitrogens is 1. The quantitative estimate of drug-likeness (QED) is 0.687. The van der Waals surface area contributed by atoms with Crippen LogP contribution in [-0.4, -0.2) is 4.98 Å². The molecule has 0 saturated carbocycles. The van der Waals surface area contributed by atoms with Crippen LogP contribution in [0.1, 0.15) is 16.7 Å². The van der Waals surface area contributed by atoms with Crippen LogP contribution in [0.25, 0.3) is 10.9 Å². The van der Waals surface area contributed by atoms with Gasteiger partial charge in [-0.15, -0.1) is 0 Å². The predicted octanol–water partition coefficient (Wildman–Crippen LogP) is 2.74. The molecule has 2 heteroatoms. The number of benzene rings is 1. The van der Waals surface area contributed by atoms with Gasteiger partial charge in [-0.25, -0.2) is 0 Å². The molecule has 2 N–H and O–H groups in total. The maximum atomic E-state index is 6.03. The summed E-state index contributed by atoms with van der Waals surface area (Å²) in [6.07, 6.45) is 1.83. The van der Waals surface area contributed by atoms with Crippen molar-refractivity contribution in [1.29, 1.82) is 0 Å². The molecular weight excluding hydrogens is 172 g/mol. The number of hydrogen-bond donors (Lipinski definition) is 1. The van der Waals surface area contributed by atoms with E-state index in [1.54, 1.807) is 0 Å². The fourth-order valence-electron chi connectivity index (χ4n) is 1.83. The molecular formula is C12H14N2. The van der Waals surface area contributed by atoms with Gasteiger partial charge in [-0.1, -0.05) is 6.07 Å². The van der Waals surface area contributed by atoms with E-state index in [0.29, 0.717) is 0 Å². The molecule has 2 nitrogen and oxygen atoms in total. The van der Waals surface area contributed by atoms with Crippen molar-refractivity contribution < 1.29 is 0 Å². The Kier molecular flexibility index (Phi) is 1.92. The first-order valence-electron chi connectivity index (χ1n) is 4.71. The zero-order chi connectivity index (χ0) is 10.3. The van der Waals surface area contributed by atoms with Crippen LogP contribution >= 0.6 is 0 Å². The maximum absolute atomic E-state index is 6.03. The summed E-state index contributed by atoms with van der Waals surface area (Å²) in [5.74, 6) is 0. The van der Waals surface area contributed by atoms with Gasteiger partial charge in [0.05, 0.1) is 5.52 Å². The minimum atomic E-state index is 0.854. The first-order chi connectivity index (χ1) is 6.59. The van der Waals surface area contributed by atoms with E-state index in [4.69, 9.17) is 5.73 Å². The Morgan fingerprint density at radius 1 is 1.07 bits per heavy atom. The summed E-state index contributed by atoms with van der Waals surface area (Å²) >= 11 is 0. The summed E-state index contributed by atoms with van der Waals surface area (Å²) in [6.45, 7) is 6.14. The maximum Gasteiger partial charge on any atom is 0.0728 e. The molecule has 0 saturated heterocycles. The number of pyridine rings is 1. The van der Waals surface area contributed by atoms with Gasteiger partial charge < -0.3 is 5.73 Å². The lowest BCUT2D eigenvalue weighted by atomic mass is 10.0. The molecule has 0 amide bonds. The summed E-state index contributed by atoms with van der Waals surface area (Å²) in [6, 6.07) is 4.21. The largest absolute Gasteiger partial charge is 0.398 e. The molecule has 0 aliphatic rings. The molecule has 0 bridgehead atoms. The average Bonchev–Trinajstić information content (AvgIpc) is 2.10. The molecule has 0 aliphatic heterocycles. The van der Waals surface area contributed by atoms with Crippen molar-refractivity contribution in [3.8, 4) is 0 Å². The van der Waals surface area contributed by atoms with E-state index in [9.17, 15) is 0 Å². The van der Waals surface area contributed by atoms with Crippen LogP contribution in [0, 0.1) is 20.8 Å². The molecule has 0 fully saturated rings. The minimum Gasteiger partial charge on any atom is -0.398 e. The van der Waals surface area contributed by atoms with Crippen molar-refractivity contribution in [2.45, 2.75) is 20.8 Å².